The smallest absolute Gasteiger partial charge is 0.164 e. The highest BCUT2D eigenvalue weighted by atomic mass is 15.1. The van der Waals surface area contributed by atoms with Crippen LogP contribution in [0.3, 0.4) is 0 Å². The first-order valence-corrected chi connectivity index (χ1v) is 18.5. The Labute approximate surface area is 325 Å². The Morgan fingerprint density at radius 2 is 0.821 bits per heavy atom. The summed E-state index contributed by atoms with van der Waals surface area (Å²) < 4.78 is 0. The Morgan fingerprint density at radius 3 is 1.34 bits per heavy atom. The number of benzene rings is 7. The zero-order chi connectivity index (χ0) is 37.8. The van der Waals surface area contributed by atoms with Crippen LogP contribution in [0.15, 0.2) is 188 Å². The largest absolute Gasteiger partial charge is 0.309 e. The Kier molecular flexibility index (Phi) is 9.08. The summed E-state index contributed by atoms with van der Waals surface area (Å²) in [6.07, 6.45) is 0. The van der Waals surface area contributed by atoms with Crippen LogP contribution in [0.25, 0.3) is 67.5 Å². The molecular formula is C50H34N6. The summed E-state index contributed by atoms with van der Waals surface area (Å²) in [5.74, 6) is 1.65. The van der Waals surface area contributed by atoms with Gasteiger partial charge in [-0.15, -0.1) is 0 Å². The standard InChI is InChI=1S/C50H34N6/c1-34-46(52-45-20-12-11-19-44(45)47(34)56(42-15-7-3-8-16-42)43-17-9-4-10-18-43)38-27-31-41(32-28-38)50-54-48(39-23-21-35(33-51)22-24-39)53-49(55-50)40-29-25-37(26-30-40)36-13-5-2-6-14-36/h2-32H,1H3. The second kappa shape index (κ2) is 14.9. The summed E-state index contributed by atoms with van der Waals surface area (Å²) in [4.78, 5) is 22.4. The minimum absolute atomic E-state index is 0.532. The van der Waals surface area contributed by atoms with Gasteiger partial charge in [0.1, 0.15) is 0 Å². The fourth-order valence-corrected chi connectivity index (χ4v) is 7.10. The quantitative estimate of drug-likeness (QED) is 0.156. The first-order valence-electron chi connectivity index (χ1n) is 18.5. The lowest BCUT2D eigenvalue weighted by molar-refractivity contribution is 1.07. The van der Waals surface area contributed by atoms with Crippen molar-refractivity contribution in [2.75, 3.05) is 4.90 Å². The van der Waals surface area contributed by atoms with Crippen LogP contribution in [0.1, 0.15) is 11.1 Å². The van der Waals surface area contributed by atoms with E-state index in [9.17, 15) is 5.26 Å². The summed E-state index contributed by atoms with van der Waals surface area (Å²) in [7, 11) is 0. The number of rotatable bonds is 8. The molecule has 0 aliphatic heterocycles. The van der Waals surface area contributed by atoms with Gasteiger partial charge in [-0.05, 0) is 72.6 Å². The number of fused-ring (bicyclic) bond motifs is 1. The number of nitriles is 1. The Hall–Kier alpha value is -7.75. The van der Waals surface area contributed by atoms with Gasteiger partial charge < -0.3 is 4.90 Å². The van der Waals surface area contributed by atoms with Crippen molar-refractivity contribution >= 4 is 28.0 Å². The predicted molar refractivity (Wildman–Crippen MR) is 226 cm³/mol. The van der Waals surface area contributed by atoms with Gasteiger partial charge in [0.2, 0.25) is 0 Å². The minimum atomic E-state index is 0.532. The molecule has 0 N–H and O–H groups in total. The van der Waals surface area contributed by atoms with Crippen molar-refractivity contribution in [3.63, 3.8) is 0 Å². The molecule has 0 amide bonds. The summed E-state index contributed by atoms with van der Waals surface area (Å²) >= 11 is 0. The van der Waals surface area contributed by atoms with Gasteiger partial charge in [0.15, 0.2) is 17.5 Å². The van der Waals surface area contributed by atoms with Crippen LogP contribution < -0.4 is 4.90 Å². The lowest BCUT2D eigenvalue weighted by Crippen LogP contribution is -2.13. The highest BCUT2D eigenvalue weighted by Gasteiger charge is 2.22. The Bertz CT molecular complexity index is 2790. The van der Waals surface area contributed by atoms with E-state index in [4.69, 9.17) is 19.9 Å². The van der Waals surface area contributed by atoms with Crippen molar-refractivity contribution < 1.29 is 0 Å². The number of anilines is 3. The third-order valence-corrected chi connectivity index (χ3v) is 9.93. The van der Waals surface area contributed by atoms with E-state index < -0.39 is 0 Å². The summed E-state index contributed by atoms with van der Waals surface area (Å²) in [5, 5.41) is 10.5. The molecule has 9 rings (SSSR count). The van der Waals surface area contributed by atoms with E-state index in [1.54, 1.807) is 12.1 Å². The molecular weight excluding hydrogens is 685 g/mol. The Morgan fingerprint density at radius 1 is 0.411 bits per heavy atom. The highest BCUT2D eigenvalue weighted by Crippen LogP contribution is 2.43. The molecule has 0 spiro atoms. The first kappa shape index (κ1) is 34.0. The molecule has 6 nitrogen and oxygen atoms in total. The van der Waals surface area contributed by atoms with Crippen LogP contribution in [0.2, 0.25) is 0 Å². The lowest BCUT2D eigenvalue weighted by atomic mass is 9.99. The molecule has 9 aromatic rings. The van der Waals surface area contributed by atoms with E-state index in [1.165, 1.54) is 0 Å². The number of aromatic nitrogens is 4. The molecule has 6 heteroatoms. The van der Waals surface area contributed by atoms with E-state index in [0.29, 0.717) is 23.0 Å². The topological polar surface area (TPSA) is 78.6 Å². The number of nitrogens with zero attached hydrogens (tertiary/aromatic N) is 6. The van der Waals surface area contributed by atoms with E-state index in [-0.39, 0.29) is 0 Å². The molecule has 2 aromatic heterocycles. The molecule has 0 saturated heterocycles. The van der Waals surface area contributed by atoms with Gasteiger partial charge in [-0.3, -0.25) is 0 Å². The van der Waals surface area contributed by atoms with Gasteiger partial charge in [0.05, 0.1) is 28.5 Å². The van der Waals surface area contributed by atoms with Gasteiger partial charge in [0.25, 0.3) is 0 Å². The van der Waals surface area contributed by atoms with Crippen molar-refractivity contribution in [3.05, 3.63) is 199 Å². The summed E-state index contributed by atoms with van der Waals surface area (Å²) in [6, 6.07) is 65.7. The molecule has 0 radical (unpaired) electrons. The van der Waals surface area contributed by atoms with Crippen molar-refractivity contribution in [1.82, 2.24) is 19.9 Å². The van der Waals surface area contributed by atoms with Gasteiger partial charge in [0, 0.05) is 44.6 Å². The molecule has 0 aliphatic rings. The molecule has 56 heavy (non-hydrogen) atoms. The second-order valence-electron chi connectivity index (χ2n) is 13.5. The zero-order valence-electron chi connectivity index (χ0n) is 30.6. The van der Waals surface area contributed by atoms with Crippen LogP contribution in [0.5, 0.6) is 0 Å². The summed E-state index contributed by atoms with van der Waals surface area (Å²) in [6.45, 7) is 2.15. The Balaban J connectivity index is 1.14. The number of pyridine rings is 1. The van der Waals surface area contributed by atoms with E-state index in [1.807, 2.05) is 60.7 Å². The third kappa shape index (κ3) is 6.66. The first-order chi connectivity index (χ1) is 27.6. The van der Waals surface area contributed by atoms with E-state index >= 15 is 0 Å². The fourth-order valence-electron chi connectivity index (χ4n) is 7.10. The van der Waals surface area contributed by atoms with Crippen LogP contribution in [0, 0.1) is 18.3 Å². The van der Waals surface area contributed by atoms with Gasteiger partial charge >= 0.3 is 0 Å². The molecule has 2 heterocycles. The summed E-state index contributed by atoms with van der Waals surface area (Å²) in [5.41, 5.74) is 12.4. The molecule has 0 fully saturated rings. The maximum atomic E-state index is 9.41. The SMILES string of the molecule is Cc1c(-c2ccc(-c3nc(-c4ccc(C#N)cc4)nc(-c4ccc(-c5ccccc5)cc4)n3)cc2)nc2ccccc2c1N(c1ccccc1)c1ccccc1. The average Bonchev–Trinajstić information content (AvgIpc) is 3.28. The van der Waals surface area contributed by atoms with Crippen LogP contribution >= 0.6 is 0 Å². The van der Waals surface area contributed by atoms with E-state index in [2.05, 4.69) is 133 Å². The predicted octanol–water partition coefficient (Wildman–Crippen LogP) is 12.4. The lowest BCUT2D eigenvalue weighted by Gasteiger charge is -2.29. The normalized spacial score (nSPS) is 10.9. The van der Waals surface area contributed by atoms with Crippen LogP contribution in [0.4, 0.5) is 17.1 Å². The molecule has 264 valence electrons. The molecule has 0 atom stereocenters. The average molecular weight is 719 g/mol. The van der Waals surface area contributed by atoms with Gasteiger partial charge in [-0.2, -0.15) is 5.26 Å². The van der Waals surface area contributed by atoms with Crippen LogP contribution in [-0.4, -0.2) is 19.9 Å². The minimum Gasteiger partial charge on any atom is -0.309 e. The third-order valence-electron chi connectivity index (χ3n) is 9.93. The van der Waals surface area contributed by atoms with Gasteiger partial charge in [-0.1, -0.05) is 133 Å². The molecule has 0 bridgehead atoms. The molecule has 0 saturated carbocycles. The van der Waals surface area contributed by atoms with Crippen molar-refractivity contribution in [2.24, 2.45) is 0 Å². The fraction of sp³-hybridized carbons (Fsp3) is 0.0200. The highest BCUT2D eigenvalue weighted by molar-refractivity contribution is 6.01. The maximum absolute atomic E-state index is 9.41. The van der Waals surface area contributed by atoms with E-state index in [0.717, 1.165) is 72.6 Å². The monoisotopic (exact) mass is 718 g/mol. The van der Waals surface area contributed by atoms with Crippen molar-refractivity contribution in [3.8, 4) is 62.6 Å². The number of hydrogen-bond acceptors (Lipinski definition) is 6. The number of para-hydroxylation sites is 3. The second-order valence-corrected chi connectivity index (χ2v) is 13.5. The molecule has 0 aliphatic carbocycles. The molecule has 0 unspecified atom stereocenters. The molecule has 7 aromatic carbocycles. The van der Waals surface area contributed by atoms with Crippen molar-refractivity contribution in [2.45, 2.75) is 6.92 Å². The number of hydrogen-bond donors (Lipinski definition) is 0. The van der Waals surface area contributed by atoms with Crippen molar-refractivity contribution in [1.29, 1.82) is 5.26 Å². The zero-order valence-corrected chi connectivity index (χ0v) is 30.6. The maximum Gasteiger partial charge on any atom is 0.164 e. The van der Waals surface area contributed by atoms with Gasteiger partial charge in [-0.25, -0.2) is 19.9 Å². The van der Waals surface area contributed by atoms with Crippen LogP contribution in [-0.2, 0) is 0 Å².